The summed E-state index contributed by atoms with van der Waals surface area (Å²) in [5.74, 6) is 0. The first-order chi connectivity index (χ1) is 9.10. The van der Waals surface area contributed by atoms with Gasteiger partial charge in [-0.3, -0.25) is 9.80 Å². The Labute approximate surface area is 121 Å². The van der Waals surface area contributed by atoms with Crippen molar-refractivity contribution in [3.8, 4) is 0 Å². The third-order valence-corrected chi connectivity index (χ3v) is 4.11. The molecule has 1 aliphatic heterocycles. The van der Waals surface area contributed by atoms with Crippen LogP contribution >= 0.6 is 12.2 Å². The molecular formula is C15H23N3S. The summed E-state index contributed by atoms with van der Waals surface area (Å²) in [6, 6.07) is 8.91. The molecule has 0 amide bonds. The monoisotopic (exact) mass is 277 g/mol. The number of piperazine rings is 1. The lowest BCUT2D eigenvalue weighted by atomic mass is 10.1. The number of nitrogens with zero attached hydrogens (tertiary/aromatic N) is 2. The number of benzene rings is 1. The van der Waals surface area contributed by atoms with Gasteiger partial charge in [-0.1, -0.05) is 37.3 Å². The molecule has 2 rings (SSSR count). The van der Waals surface area contributed by atoms with Gasteiger partial charge in [0.15, 0.2) is 0 Å². The highest BCUT2D eigenvalue weighted by Crippen LogP contribution is 2.14. The highest BCUT2D eigenvalue weighted by Gasteiger charge is 2.22. The first-order valence-corrected chi connectivity index (χ1v) is 7.36. The molecule has 1 unspecified atom stereocenters. The first kappa shape index (κ1) is 14.4. The quantitative estimate of drug-likeness (QED) is 0.851. The number of rotatable bonds is 4. The second-order valence-corrected chi connectivity index (χ2v) is 5.72. The van der Waals surface area contributed by atoms with Gasteiger partial charge in [0.1, 0.15) is 4.99 Å². The second kappa shape index (κ2) is 6.46. The topological polar surface area (TPSA) is 32.5 Å². The molecule has 3 nitrogen and oxygen atoms in total. The minimum absolute atomic E-state index is 0.478. The van der Waals surface area contributed by atoms with Crippen LogP contribution in [-0.2, 0) is 6.54 Å². The molecule has 1 aliphatic rings. The summed E-state index contributed by atoms with van der Waals surface area (Å²) in [6.45, 7) is 10.1. The Morgan fingerprint density at radius 3 is 2.84 bits per heavy atom. The predicted octanol–water partition coefficient (Wildman–Crippen LogP) is 1.85. The number of nitrogens with two attached hydrogens (primary N) is 1. The van der Waals surface area contributed by atoms with Crippen molar-refractivity contribution >= 4 is 17.2 Å². The van der Waals surface area contributed by atoms with Gasteiger partial charge in [-0.15, -0.1) is 0 Å². The number of likely N-dealkylation sites (N-methyl/N-ethyl adjacent to an activating group) is 1. The van der Waals surface area contributed by atoms with Gasteiger partial charge in [0, 0.05) is 37.8 Å². The molecule has 1 aromatic carbocycles. The van der Waals surface area contributed by atoms with Crippen molar-refractivity contribution in [1.29, 1.82) is 0 Å². The van der Waals surface area contributed by atoms with Crippen LogP contribution in [0.5, 0.6) is 0 Å². The largest absolute Gasteiger partial charge is 0.389 e. The van der Waals surface area contributed by atoms with Crippen molar-refractivity contribution in [3.63, 3.8) is 0 Å². The summed E-state index contributed by atoms with van der Waals surface area (Å²) >= 11 is 5.03. The molecule has 0 radical (unpaired) electrons. The van der Waals surface area contributed by atoms with E-state index in [2.05, 4.69) is 35.8 Å². The summed E-state index contributed by atoms with van der Waals surface area (Å²) in [5.41, 5.74) is 7.94. The third-order valence-electron chi connectivity index (χ3n) is 3.87. The van der Waals surface area contributed by atoms with E-state index in [9.17, 15) is 0 Å². The Morgan fingerprint density at radius 1 is 1.42 bits per heavy atom. The first-order valence-electron chi connectivity index (χ1n) is 6.95. The summed E-state index contributed by atoms with van der Waals surface area (Å²) in [7, 11) is 0. The van der Waals surface area contributed by atoms with Crippen molar-refractivity contribution < 1.29 is 0 Å². The van der Waals surface area contributed by atoms with E-state index in [-0.39, 0.29) is 0 Å². The van der Waals surface area contributed by atoms with Crippen LogP contribution in [0, 0.1) is 0 Å². The molecule has 0 aromatic heterocycles. The van der Waals surface area contributed by atoms with Crippen molar-refractivity contribution in [1.82, 2.24) is 9.80 Å². The number of thiocarbonyl (C=S) groups is 1. The molecule has 2 N–H and O–H groups in total. The molecule has 104 valence electrons. The Bertz CT molecular complexity index is 447. The van der Waals surface area contributed by atoms with E-state index in [0.717, 1.165) is 38.3 Å². The zero-order valence-electron chi connectivity index (χ0n) is 11.8. The smallest absolute Gasteiger partial charge is 0.103 e. The Morgan fingerprint density at radius 2 is 2.21 bits per heavy atom. The Kier molecular flexibility index (Phi) is 4.91. The third kappa shape index (κ3) is 3.75. The maximum Gasteiger partial charge on any atom is 0.103 e. The average Bonchev–Trinajstić information content (AvgIpc) is 2.39. The maximum absolute atomic E-state index is 5.69. The number of hydrogen-bond acceptors (Lipinski definition) is 3. The Hall–Kier alpha value is -0.970. The molecule has 0 saturated carbocycles. The highest BCUT2D eigenvalue weighted by atomic mass is 32.1. The Balaban J connectivity index is 1.98. The molecule has 1 heterocycles. The van der Waals surface area contributed by atoms with E-state index in [1.165, 1.54) is 5.56 Å². The summed E-state index contributed by atoms with van der Waals surface area (Å²) in [5, 5.41) is 0. The van der Waals surface area contributed by atoms with Gasteiger partial charge in [0.2, 0.25) is 0 Å². The molecule has 1 atom stereocenters. The van der Waals surface area contributed by atoms with Crippen molar-refractivity contribution in [2.45, 2.75) is 26.4 Å². The molecule has 0 bridgehead atoms. The molecule has 0 spiro atoms. The normalized spacial score (nSPS) is 21.5. The summed E-state index contributed by atoms with van der Waals surface area (Å²) in [4.78, 5) is 5.52. The molecular weight excluding hydrogens is 254 g/mol. The van der Waals surface area contributed by atoms with E-state index >= 15 is 0 Å². The van der Waals surface area contributed by atoms with Gasteiger partial charge in [0.25, 0.3) is 0 Å². The van der Waals surface area contributed by atoms with Crippen molar-refractivity contribution in [2.24, 2.45) is 5.73 Å². The van der Waals surface area contributed by atoms with Gasteiger partial charge >= 0.3 is 0 Å². The molecule has 1 aromatic rings. The lowest BCUT2D eigenvalue weighted by Crippen LogP contribution is -2.51. The van der Waals surface area contributed by atoms with Crippen LogP contribution in [0.15, 0.2) is 24.3 Å². The van der Waals surface area contributed by atoms with Crippen LogP contribution in [-0.4, -0.2) is 47.0 Å². The minimum atomic E-state index is 0.478. The van der Waals surface area contributed by atoms with Gasteiger partial charge in [-0.2, -0.15) is 0 Å². The standard InChI is InChI=1S/C15H23N3S/c1-3-18-8-7-17(10-12(18)2)11-13-5-4-6-14(9-13)15(16)19/h4-6,9,12H,3,7-8,10-11H2,1-2H3,(H2,16,19). The summed E-state index contributed by atoms with van der Waals surface area (Å²) in [6.07, 6.45) is 0. The van der Waals surface area contributed by atoms with Gasteiger partial charge in [0.05, 0.1) is 0 Å². The lowest BCUT2D eigenvalue weighted by molar-refractivity contribution is 0.0834. The highest BCUT2D eigenvalue weighted by molar-refractivity contribution is 7.80. The fraction of sp³-hybridized carbons (Fsp3) is 0.533. The maximum atomic E-state index is 5.69. The van der Waals surface area contributed by atoms with Crippen LogP contribution < -0.4 is 5.73 Å². The average molecular weight is 277 g/mol. The van der Waals surface area contributed by atoms with E-state index in [1.54, 1.807) is 0 Å². The van der Waals surface area contributed by atoms with Crippen LogP contribution in [0.3, 0.4) is 0 Å². The predicted molar refractivity (Wildman–Crippen MR) is 84.3 cm³/mol. The van der Waals surface area contributed by atoms with Gasteiger partial charge < -0.3 is 5.73 Å². The molecule has 19 heavy (non-hydrogen) atoms. The molecule has 0 aliphatic carbocycles. The van der Waals surface area contributed by atoms with Gasteiger partial charge in [-0.25, -0.2) is 0 Å². The molecule has 1 fully saturated rings. The minimum Gasteiger partial charge on any atom is -0.389 e. The van der Waals surface area contributed by atoms with E-state index in [1.807, 2.05) is 12.1 Å². The fourth-order valence-corrected chi connectivity index (χ4v) is 2.89. The zero-order valence-corrected chi connectivity index (χ0v) is 12.6. The van der Waals surface area contributed by atoms with E-state index in [4.69, 9.17) is 18.0 Å². The fourth-order valence-electron chi connectivity index (χ4n) is 2.77. The zero-order chi connectivity index (χ0) is 13.8. The van der Waals surface area contributed by atoms with Crippen LogP contribution in [0.1, 0.15) is 25.0 Å². The van der Waals surface area contributed by atoms with E-state index < -0.39 is 0 Å². The van der Waals surface area contributed by atoms with Crippen molar-refractivity contribution in [3.05, 3.63) is 35.4 Å². The van der Waals surface area contributed by atoms with Crippen LogP contribution in [0.4, 0.5) is 0 Å². The van der Waals surface area contributed by atoms with Crippen molar-refractivity contribution in [2.75, 3.05) is 26.2 Å². The lowest BCUT2D eigenvalue weighted by Gasteiger charge is -2.39. The van der Waals surface area contributed by atoms with E-state index in [0.29, 0.717) is 11.0 Å². The SMILES string of the molecule is CCN1CCN(Cc2cccc(C(N)=S)c2)CC1C. The molecule has 4 heteroatoms. The van der Waals surface area contributed by atoms with Crippen LogP contribution in [0.2, 0.25) is 0 Å². The van der Waals surface area contributed by atoms with Gasteiger partial charge in [-0.05, 0) is 25.1 Å². The summed E-state index contributed by atoms with van der Waals surface area (Å²) < 4.78 is 0. The number of hydrogen-bond donors (Lipinski definition) is 1. The second-order valence-electron chi connectivity index (χ2n) is 5.28. The molecule has 1 saturated heterocycles. The van der Waals surface area contributed by atoms with Crippen LogP contribution in [0.25, 0.3) is 0 Å².